The molecule has 0 radical (unpaired) electrons. The molecule has 27 heavy (non-hydrogen) atoms. The molecule has 1 fully saturated rings. The molecule has 0 aromatic heterocycles. The van der Waals surface area contributed by atoms with Crippen molar-refractivity contribution in [2.45, 2.75) is 51.5 Å². The maximum Gasteiger partial charge on any atom is 0.573 e. The van der Waals surface area contributed by atoms with Crippen LogP contribution in [0.3, 0.4) is 0 Å². The number of benzene rings is 1. The second-order valence-corrected chi connectivity index (χ2v) is 7.43. The second-order valence-electron chi connectivity index (χ2n) is 7.43. The van der Waals surface area contributed by atoms with Crippen LogP contribution in [0.25, 0.3) is 0 Å². The standard InChI is InChI=1S/C18H23F3N2O4/c1-17(2,3)27-16(25)23-8-4-5-12(10-23)11-6-7-13(15(22)24)14(9-11)26-18(19,20)21/h6-7,9,12H,4-5,8,10H2,1-3H3,(H2,22,24). The van der Waals surface area contributed by atoms with Gasteiger partial charge in [0.2, 0.25) is 0 Å². The molecule has 1 aromatic carbocycles. The fourth-order valence-electron chi connectivity index (χ4n) is 2.95. The fourth-order valence-corrected chi connectivity index (χ4v) is 2.95. The van der Waals surface area contributed by atoms with Gasteiger partial charge < -0.3 is 20.1 Å². The molecule has 0 saturated carbocycles. The summed E-state index contributed by atoms with van der Waals surface area (Å²) in [4.78, 5) is 25.2. The van der Waals surface area contributed by atoms with Crippen molar-refractivity contribution >= 4 is 12.0 Å². The quantitative estimate of drug-likeness (QED) is 0.854. The van der Waals surface area contributed by atoms with Gasteiger partial charge in [-0.2, -0.15) is 0 Å². The summed E-state index contributed by atoms with van der Waals surface area (Å²) in [5.74, 6) is -1.86. The maximum atomic E-state index is 12.6. The number of piperidine rings is 1. The number of nitrogens with zero attached hydrogens (tertiary/aromatic N) is 1. The van der Waals surface area contributed by atoms with Gasteiger partial charge in [-0.25, -0.2) is 4.79 Å². The Morgan fingerprint density at radius 2 is 1.89 bits per heavy atom. The topological polar surface area (TPSA) is 81.9 Å². The zero-order chi connectivity index (χ0) is 20.4. The number of carbonyl (C=O) groups excluding carboxylic acids is 2. The summed E-state index contributed by atoms with van der Waals surface area (Å²) in [6.45, 7) is 6.09. The Bertz CT molecular complexity index is 714. The summed E-state index contributed by atoms with van der Waals surface area (Å²) >= 11 is 0. The van der Waals surface area contributed by atoms with Gasteiger partial charge in [0.05, 0.1) is 5.56 Å². The third-order valence-corrected chi connectivity index (χ3v) is 4.04. The summed E-state index contributed by atoms with van der Waals surface area (Å²) in [5.41, 5.74) is 4.67. The van der Waals surface area contributed by atoms with Gasteiger partial charge >= 0.3 is 12.5 Å². The zero-order valence-electron chi connectivity index (χ0n) is 15.4. The Balaban J connectivity index is 2.22. The van der Waals surface area contributed by atoms with Crippen LogP contribution in [-0.4, -0.2) is 42.0 Å². The molecular weight excluding hydrogens is 365 g/mol. The SMILES string of the molecule is CC(C)(C)OC(=O)N1CCCC(c2ccc(C(N)=O)c(OC(F)(F)F)c2)C1. The van der Waals surface area contributed by atoms with Crippen LogP contribution in [0.4, 0.5) is 18.0 Å². The lowest BCUT2D eigenvalue weighted by Gasteiger charge is -2.34. The summed E-state index contributed by atoms with van der Waals surface area (Å²) in [5, 5.41) is 0. The normalized spacial score (nSPS) is 18.1. The highest BCUT2D eigenvalue weighted by molar-refractivity contribution is 5.95. The van der Waals surface area contributed by atoms with Crippen LogP contribution >= 0.6 is 0 Å². The van der Waals surface area contributed by atoms with Crippen molar-refractivity contribution < 1.29 is 32.2 Å². The molecular formula is C18H23F3N2O4. The highest BCUT2D eigenvalue weighted by atomic mass is 19.4. The van der Waals surface area contributed by atoms with E-state index in [1.54, 1.807) is 20.8 Å². The van der Waals surface area contributed by atoms with Crippen LogP contribution in [0, 0.1) is 0 Å². The van der Waals surface area contributed by atoms with Crippen LogP contribution in [0.1, 0.15) is 55.5 Å². The van der Waals surface area contributed by atoms with E-state index in [9.17, 15) is 22.8 Å². The number of primary amides is 1. The van der Waals surface area contributed by atoms with E-state index in [2.05, 4.69) is 4.74 Å². The number of rotatable bonds is 3. The average Bonchev–Trinajstić information content (AvgIpc) is 2.51. The van der Waals surface area contributed by atoms with Gasteiger partial charge in [0.15, 0.2) is 0 Å². The van der Waals surface area contributed by atoms with Crippen molar-refractivity contribution in [3.05, 3.63) is 29.3 Å². The molecule has 0 bridgehead atoms. The second kappa shape index (κ2) is 7.66. The number of likely N-dealkylation sites (tertiary alicyclic amines) is 1. The molecule has 1 aliphatic rings. The predicted molar refractivity (Wildman–Crippen MR) is 91.4 cm³/mol. The van der Waals surface area contributed by atoms with Crippen LogP contribution in [-0.2, 0) is 4.74 Å². The molecule has 1 unspecified atom stereocenters. The van der Waals surface area contributed by atoms with Crippen molar-refractivity contribution in [3.8, 4) is 5.75 Å². The molecule has 1 atom stereocenters. The highest BCUT2D eigenvalue weighted by Crippen LogP contribution is 2.33. The molecule has 150 valence electrons. The van der Waals surface area contributed by atoms with Crippen molar-refractivity contribution in [2.24, 2.45) is 5.73 Å². The lowest BCUT2D eigenvalue weighted by molar-refractivity contribution is -0.274. The fraction of sp³-hybridized carbons (Fsp3) is 0.556. The average molecular weight is 388 g/mol. The van der Waals surface area contributed by atoms with E-state index in [1.807, 2.05) is 0 Å². The maximum absolute atomic E-state index is 12.6. The number of hydrogen-bond acceptors (Lipinski definition) is 4. The largest absolute Gasteiger partial charge is 0.573 e. The Kier molecular flexibility index (Phi) is 5.91. The molecule has 6 nitrogen and oxygen atoms in total. The Labute approximate surface area is 155 Å². The molecule has 1 aromatic rings. The van der Waals surface area contributed by atoms with Crippen molar-refractivity contribution in [3.63, 3.8) is 0 Å². The first-order valence-electron chi connectivity index (χ1n) is 8.53. The molecule has 1 aliphatic heterocycles. The number of amides is 2. The van der Waals surface area contributed by atoms with Gasteiger partial charge in [-0.3, -0.25) is 4.79 Å². The molecule has 2 N–H and O–H groups in total. The van der Waals surface area contributed by atoms with E-state index in [4.69, 9.17) is 10.5 Å². The van der Waals surface area contributed by atoms with Crippen molar-refractivity contribution in [2.75, 3.05) is 13.1 Å². The van der Waals surface area contributed by atoms with E-state index in [1.165, 1.54) is 17.0 Å². The van der Waals surface area contributed by atoms with Gasteiger partial charge in [-0.15, -0.1) is 13.2 Å². The molecule has 2 rings (SSSR count). The number of carbonyl (C=O) groups is 2. The van der Waals surface area contributed by atoms with Crippen LogP contribution < -0.4 is 10.5 Å². The van der Waals surface area contributed by atoms with Gasteiger partial charge in [0.1, 0.15) is 11.4 Å². The number of alkyl halides is 3. The Morgan fingerprint density at radius 1 is 1.22 bits per heavy atom. The monoisotopic (exact) mass is 388 g/mol. The summed E-state index contributed by atoms with van der Waals surface area (Å²) < 4.78 is 47.2. The lowest BCUT2D eigenvalue weighted by Crippen LogP contribution is -2.42. The molecule has 1 saturated heterocycles. The molecule has 1 heterocycles. The minimum absolute atomic E-state index is 0.205. The van der Waals surface area contributed by atoms with Crippen LogP contribution in [0.2, 0.25) is 0 Å². The summed E-state index contributed by atoms with van der Waals surface area (Å²) in [6, 6.07) is 3.91. The van der Waals surface area contributed by atoms with Crippen molar-refractivity contribution in [1.29, 1.82) is 0 Å². The molecule has 2 amide bonds. The van der Waals surface area contributed by atoms with Gasteiger partial charge in [-0.1, -0.05) is 6.07 Å². The van der Waals surface area contributed by atoms with Crippen molar-refractivity contribution in [1.82, 2.24) is 4.90 Å². The number of nitrogens with two attached hydrogens (primary N) is 1. The van der Waals surface area contributed by atoms with E-state index >= 15 is 0 Å². The smallest absolute Gasteiger partial charge is 0.444 e. The number of hydrogen-bond donors (Lipinski definition) is 1. The van der Waals surface area contributed by atoms with Gasteiger partial charge in [0.25, 0.3) is 5.91 Å². The Hall–Kier alpha value is -2.45. The number of halogens is 3. The van der Waals surface area contributed by atoms with E-state index < -0.39 is 29.7 Å². The van der Waals surface area contributed by atoms with E-state index in [0.717, 1.165) is 6.07 Å². The minimum atomic E-state index is -4.95. The minimum Gasteiger partial charge on any atom is -0.444 e. The van der Waals surface area contributed by atoms with Crippen LogP contribution in [0.5, 0.6) is 5.75 Å². The zero-order valence-corrected chi connectivity index (χ0v) is 15.4. The van der Waals surface area contributed by atoms with E-state index in [0.29, 0.717) is 31.5 Å². The van der Waals surface area contributed by atoms with E-state index in [-0.39, 0.29) is 11.5 Å². The van der Waals surface area contributed by atoms with Gasteiger partial charge in [0, 0.05) is 19.0 Å². The van der Waals surface area contributed by atoms with Gasteiger partial charge in [-0.05, 0) is 51.3 Å². The number of ether oxygens (including phenoxy) is 2. The first-order chi connectivity index (χ1) is 12.4. The van der Waals surface area contributed by atoms with Crippen LogP contribution in [0.15, 0.2) is 18.2 Å². The summed E-state index contributed by atoms with van der Waals surface area (Å²) in [7, 11) is 0. The first kappa shape index (κ1) is 20.9. The summed E-state index contributed by atoms with van der Waals surface area (Å²) in [6.07, 6.45) is -4.05. The Morgan fingerprint density at radius 3 is 2.44 bits per heavy atom. The predicted octanol–water partition coefficient (Wildman–Crippen LogP) is 3.80. The molecule has 0 aliphatic carbocycles. The molecule has 0 spiro atoms. The highest BCUT2D eigenvalue weighted by Gasteiger charge is 2.34. The third-order valence-electron chi connectivity index (χ3n) is 4.04. The molecule has 9 heteroatoms. The lowest BCUT2D eigenvalue weighted by atomic mass is 9.90. The first-order valence-corrected chi connectivity index (χ1v) is 8.53. The third kappa shape index (κ3) is 6.04.